The van der Waals surface area contributed by atoms with E-state index in [2.05, 4.69) is 13.5 Å². The highest BCUT2D eigenvalue weighted by Crippen LogP contribution is 2.43. The Hall–Kier alpha value is -1.17. The van der Waals surface area contributed by atoms with Crippen LogP contribution in [0.3, 0.4) is 0 Å². The molecule has 1 aromatic rings. The molecule has 26 heavy (non-hydrogen) atoms. The van der Waals surface area contributed by atoms with E-state index in [0.717, 1.165) is 24.8 Å². The first-order valence-corrected chi connectivity index (χ1v) is 11.0. The lowest BCUT2D eigenvalue weighted by atomic mass is 9.89. The minimum absolute atomic E-state index is 0.311. The zero-order valence-corrected chi connectivity index (χ0v) is 17.1. The molecule has 0 radical (unpaired) electrons. The number of aryl methyl sites for hydroxylation is 1. The van der Waals surface area contributed by atoms with E-state index >= 15 is 0 Å². The van der Waals surface area contributed by atoms with Gasteiger partial charge >= 0.3 is 0 Å². The van der Waals surface area contributed by atoms with Gasteiger partial charge in [0.25, 0.3) is 0 Å². The molecule has 1 aromatic carbocycles. The van der Waals surface area contributed by atoms with Gasteiger partial charge in [-0.15, -0.1) is 6.58 Å². The second-order valence-electron chi connectivity index (χ2n) is 7.46. The molecule has 1 saturated heterocycles. The predicted molar refractivity (Wildman–Crippen MR) is 105 cm³/mol. The molecule has 4 nitrogen and oxygen atoms in total. The lowest BCUT2D eigenvalue weighted by Gasteiger charge is -2.38. The number of sulfone groups is 1. The number of unbranched alkanes of at least 4 members (excludes halogenated alkanes) is 2. The highest BCUT2D eigenvalue weighted by molar-refractivity contribution is 7.92. The lowest BCUT2D eigenvalue weighted by molar-refractivity contribution is -0.152. The van der Waals surface area contributed by atoms with Gasteiger partial charge in [-0.05, 0) is 38.8 Å². The number of benzene rings is 1. The van der Waals surface area contributed by atoms with E-state index < -0.39 is 20.4 Å². The molecule has 1 aliphatic heterocycles. The number of hydrogen-bond acceptors (Lipinski definition) is 4. The first kappa shape index (κ1) is 21.1. The summed E-state index contributed by atoms with van der Waals surface area (Å²) in [6.07, 6.45) is 5.88. The summed E-state index contributed by atoms with van der Waals surface area (Å²) in [5, 5.41) is 0. The minimum Gasteiger partial charge on any atom is -0.348 e. The van der Waals surface area contributed by atoms with Crippen molar-refractivity contribution in [3.8, 4) is 0 Å². The maximum Gasteiger partial charge on any atom is 0.184 e. The van der Waals surface area contributed by atoms with E-state index in [1.807, 2.05) is 26.0 Å². The van der Waals surface area contributed by atoms with Crippen LogP contribution in [0.4, 0.5) is 0 Å². The molecule has 5 heteroatoms. The molecular weight excluding hydrogens is 348 g/mol. The van der Waals surface area contributed by atoms with Gasteiger partial charge in [0.15, 0.2) is 15.6 Å². The molecule has 0 aromatic heterocycles. The molecule has 0 N–H and O–H groups in total. The third-order valence-electron chi connectivity index (χ3n) is 5.20. The number of allylic oxidation sites excluding steroid dienone is 1. The Bertz CT molecular complexity index is 687. The molecule has 1 unspecified atom stereocenters. The summed E-state index contributed by atoms with van der Waals surface area (Å²) in [5.41, 5.74) is 1.04. The van der Waals surface area contributed by atoms with Gasteiger partial charge in [0.1, 0.15) is 0 Å². The van der Waals surface area contributed by atoms with Crippen molar-refractivity contribution in [3.63, 3.8) is 0 Å². The molecule has 1 atom stereocenters. The SMILES string of the molecule is C=CCC(CCCCC)(CC1(C)OCCO1)S(=O)(=O)c1ccc(C)cc1. The Morgan fingerprint density at radius 3 is 2.35 bits per heavy atom. The number of ether oxygens (including phenoxy) is 2. The van der Waals surface area contributed by atoms with Crippen LogP contribution in [0.15, 0.2) is 41.8 Å². The molecule has 0 bridgehead atoms. The molecule has 1 heterocycles. The fourth-order valence-corrected chi connectivity index (χ4v) is 5.97. The maximum absolute atomic E-state index is 13.7. The zero-order valence-electron chi connectivity index (χ0n) is 16.3. The van der Waals surface area contributed by atoms with E-state index in [0.29, 0.717) is 37.4 Å². The third-order valence-corrected chi connectivity index (χ3v) is 7.74. The van der Waals surface area contributed by atoms with Gasteiger partial charge in [-0.3, -0.25) is 0 Å². The molecule has 0 amide bonds. The second-order valence-corrected chi connectivity index (χ2v) is 9.80. The van der Waals surface area contributed by atoms with Crippen molar-refractivity contribution in [3.05, 3.63) is 42.5 Å². The fourth-order valence-electron chi connectivity index (χ4n) is 3.77. The quantitative estimate of drug-likeness (QED) is 0.431. The van der Waals surface area contributed by atoms with Crippen molar-refractivity contribution in [2.24, 2.45) is 0 Å². The van der Waals surface area contributed by atoms with Gasteiger partial charge in [-0.1, -0.05) is 50.0 Å². The molecule has 2 rings (SSSR count). The molecule has 0 saturated carbocycles. The van der Waals surface area contributed by atoms with Crippen molar-refractivity contribution in [1.29, 1.82) is 0 Å². The normalized spacial score (nSPS) is 19.2. The van der Waals surface area contributed by atoms with Crippen LogP contribution in [0.2, 0.25) is 0 Å². The summed E-state index contributed by atoms with van der Waals surface area (Å²) in [7, 11) is -3.58. The van der Waals surface area contributed by atoms with Gasteiger partial charge in [-0.25, -0.2) is 8.42 Å². The van der Waals surface area contributed by atoms with Crippen LogP contribution in [0.1, 0.15) is 57.9 Å². The van der Waals surface area contributed by atoms with Crippen LogP contribution in [-0.4, -0.2) is 32.2 Å². The highest BCUT2D eigenvalue weighted by atomic mass is 32.2. The van der Waals surface area contributed by atoms with Crippen molar-refractivity contribution in [2.45, 2.75) is 74.7 Å². The van der Waals surface area contributed by atoms with Crippen LogP contribution in [-0.2, 0) is 19.3 Å². The Balaban J connectivity index is 2.47. The van der Waals surface area contributed by atoms with Gasteiger partial charge in [0.2, 0.25) is 0 Å². The molecule has 146 valence electrons. The van der Waals surface area contributed by atoms with Crippen LogP contribution < -0.4 is 0 Å². The second kappa shape index (κ2) is 8.68. The summed E-state index contributed by atoms with van der Waals surface area (Å²) in [4.78, 5) is 0.364. The summed E-state index contributed by atoms with van der Waals surface area (Å²) in [6.45, 7) is 10.8. The standard InChI is InChI=1S/C21H32O4S/c1-5-7-8-14-21(13-6-2,17-20(4)24-15-16-25-20)26(22,23)19-11-9-18(3)10-12-19/h6,9-12H,2,5,7-8,13-17H2,1,3-4H3. The Morgan fingerprint density at radius 1 is 1.19 bits per heavy atom. The maximum atomic E-state index is 13.7. The summed E-state index contributed by atoms with van der Waals surface area (Å²) < 4.78 is 38.0. The highest BCUT2D eigenvalue weighted by Gasteiger charge is 2.49. The Labute approximate surface area is 158 Å². The van der Waals surface area contributed by atoms with E-state index in [1.165, 1.54) is 0 Å². The van der Waals surface area contributed by atoms with Gasteiger partial charge < -0.3 is 9.47 Å². The molecule has 0 aliphatic carbocycles. The lowest BCUT2D eigenvalue weighted by Crippen LogP contribution is -2.46. The molecule has 1 aliphatic rings. The first-order chi connectivity index (χ1) is 12.3. The smallest absolute Gasteiger partial charge is 0.184 e. The van der Waals surface area contributed by atoms with Gasteiger partial charge in [0, 0.05) is 6.42 Å². The molecular formula is C21H32O4S. The van der Waals surface area contributed by atoms with Crippen LogP contribution >= 0.6 is 0 Å². The van der Waals surface area contributed by atoms with Crippen LogP contribution in [0.5, 0.6) is 0 Å². The number of rotatable bonds is 10. The first-order valence-electron chi connectivity index (χ1n) is 9.49. The predicted octanol–water partition coefficient (Wildman–Crippen LogP) is 4.82. The Morgan fingerprint density at radius 2 is 1.81 bits per heavy atom. The fraction of sp³-hybridized carbons (Fsp3) is 0.619. The Kier molecular flexibility index (Phi) is 7.05. The zero-order chi connectivity index (χ0) is 19.3. The topological polar surface area (TPSA) is 52.6 Å². The van der Waals surface area contributed by atoms with E-state index in [1.54, 1.807) is 18.2 Å². The van der Waals surface area contributed by atoms with Crippen LogP contribution in [0, 0.1) is 6.92 Å². The number of hydrogen-bond donors (Lipinski definition) is 0. The summed E-state index contributed by atoms with van der Waals surface area (Å²) in [6, 6.07) is 7.12. The van der Waals surface area contributed by atoms with Crippen LogP contribution in [0.25, 0.3) is 0 Å². The van der Waals surface area contributed by atoms with Crippen molar-refractivity contribution < 1.29 is 17.9 Å². The monoisotopic (exact) mass is 380 g/mol. The molecule has 1 fully saturated rings. The van der Waals surface area contributed by atoms with E-state index in [4.69, 9.17) is 9.47 Å². The average Bonchev–Trinajstić information content (AvgIpc) is 3.01. The summed E-state index contributed by atoms with van der Waals surface area (Å²) >= 11 is 0. The minimum atomic E-state index is -3.58. The van der Waals surface area contributed by atoms with Crippen molar-refractivity contribution in [2.75, 3.05) is 13.2 Å². The molecule has 0 spiro atoms. The third kappa shape index (κ3) is 4.56. The van der Waals surface area contributed by atoms with Crippen molar-refractivity contribution in [1.82, 2.24) is 0 Å². The van der Waals surface area contributed by atoms with Crippen molar-refractivity contribution >= 4 is 9.84 Å². The largest absolute Gasteiger partial charge is 0.348 e. The van der Waals surface area contributed by atoms with Gasteiger partial charge in [0.05, 0.1) is 22.9 Å². The summed E-state index contributed by atoms with van der Waals surface area (Å²) in [5.74, 6) is -0.868. The van der Waals surface area contributed by atoms with Gasteiger partial charge in [-0.2, -0.15) is 0 Å². The average molecular weight is 381 g/mol. The van der Waals surface area contributed by atoms with E-state index in [9.17, 15) is 8.42 Å². The van der Waals surface area contributed by atoms with E-state index in [-0.39, 0.29) is 0 Å².